The lowest BCUT2D eigenvalue weighted by molar-refractivity contribution is -0.113. The molecule has 0 fully saturated rings. The van der Waals surface area contributed by atoms with Gasteiger partial charge in [0, 0.05) is 29.4 Å². The van der Waals surface area contributed by atoms with Crippen LogP contribution in [0.5, 0.6) is 17.4 Å². The average molecular weight is 515 g/mol. The van der Waals surface area contributed by atoms with E-state index in [9.17, 15) is 9.90 Å². The van der Waals surface area contributed by atoms with E-state index in [2.05, 4.69) is 10.3 Å². The van der Waals surface area contributed by atoms with Gasteiger partial charge >= 0.3 is 0 Å². The van der Waals surface area contributed by atoms with E-state index in [0.29, 0.717) is 51.5 Å². The molecule has 0 radical (unpaired) electrons. The number of hydrogen-bond donors (Lipinski definition) is 2. The number of benzene rings is 2. The molecule has 0 aliphatic carbocycles. The molecule has 0 bridgehead atoms. The average Bonchev–Trinajstić information content (AvgIpc) is 2.92. The Balaban J connectivity index is 1.51. The normalized spacial score (nSPS) is 11.8. The van der Waals surface area contributed by atoms with Gasteiger partial charge in [0.25, 0.3) is 0 Å². The van der Waals surface area contributed by atoms with Crippen molar-refractivity contribution in [2.45, 2.75) is 31.9 Å². The summed E-state index contributed by atoms with van der Waals surface area (Å²) in [5, 5.41) is 13.4. The lowest BCUT2D eigenvalue weighted by Gasteiger charge is -2.24. The number of anilines is 1. The second-order valence-electron chi connectivity index (χ2n) is 8.65. The summed E-state index contributed by atoms with van der Waals surface area (Å²) in [5.41, 5.74) is 5.59. The number of aliphatic hydroxyl groups is 1. The van der Waals surface area contributed by atoms with E-state index in [-0.39, 0.29) is 18.3 Å². The zero-order chi connectivity index (χ0) is 25.9. The molecule has 0 saturated carbocycles. The molecule has 1 aliphatic heterocycles. The number of hydrogen-bond acceptors (Lipinski definition) is 8. The third-order valence-corrected chi connectivity index (χ3v) is 7.10. The first-order valence-electron chi connectivity index (χ1n) is 11.8. The fraction of sp³-hybridized carbons (Fsp3) is 0.214. The standard InChI is InChI=1S/C28H26N4O4S/c1-16-8-10-19(11-9-16)30-24(34)15-37-28-22-12-21-18(14-33)13-29-17(2)25(21)36-27(22)31-26(32-28)20-6-4-5-7-23(20)35-3/h4-11,13,33H,12,14-15H2,1-3H3,(H,30,34). The van der Waals surface area contributed by atoms with Gasteiger partial charge in [0.2, 0.25) is 11.8 Å². The van der Waals surface area contributed by atoms with Gasteiger partial charge in [-0.2, -0.15) is 4.98 Å². The number of methoxy groups -OCH3 is 1. The van der Waals surface area contributed by atoms with Crippen LogP contribution in [0.2, 0.25) is 0 Å². The molecule has 4 aromatic rings. The molecule has 0 unspecified atom stereocenters. The third-order valence-electron chi connectivity index (χ3n) is 6.08. The minimum absolute atomic E-state index is 0.145. The second kappa shape index (κ2) is 10.6. The minimum atomic E-state index is -0.157. The van der Waals surface area contributed by atoms with Crippen molar-refractivity contribution in [3.8, 4) is 28.8 Å². The van der Waals surface area contributed by atoms with Crippen LogP contribution >= 0.6 is 11.8 Å². The molecular formula is C28H26N4O4S. The molecule has 2 aromatic carbocycles. The number of carbonyl (C=O) groups excluding carboxylic acids is 1. The van der Waals surface area contributed by atoms with E-state index in [4.69, 9.17) is 19.4 Å². The number of nitrogens with zero attached hydrogens (tertiary/aromatic N) is 3. The molecule has 1 amide bonds. The Morgan fingerprint density at radius 2 is 1.89 bits per heavy atom. The monoisotopic (exact) mass is 514 g/mol. The maximum absolute atomic E-state index is 12.8. The Morgan fingerprint density at radius 1 is 1.11 bits per heavy atom. The number of amides is 1. The zero-order valence-corrected chi connectivity index (χ0v) is 21.6. The number of aromatic nitrogens is 3. The molecule has 2 aromatic heterocycles. The molecule has 0 atom stereocenters. The highest BCUT2D eigenvalue weighted by Gasteiger charge is 2.28. The van der Waals surface area contributed by atoms with Gasteiger partial charge in [0.05, 0.1) is 36.3 Å². The maximum atomic E-state index is 12.8. The van der Waals surface area contributed by atoms with E-state index in [1.807, 2.05) is 62.4 Å². The first-order valence-corrected chi connectivity index (χ1v) is 12.7. The number of carbonyl (C=O) groups is 1. The summed E-state index contributed by atoms with van der Waals surface area (Å²) >= 11 is 1.32. The first kappa shape index (κ1) is 24.7. The molecule has 0 saturated heterocycles. The zero-order valence-electron chi connectivity index (χ0n) is 20.7. The minimum Gasteiger partial charge on any atom is -0.496 e. The van der Waals surface area contributed by atoms with Crippen molar-refractivity contribution in [1.82, 2.24) is 15.0 Å². The maximum Gasteiger partial charge on any atom is 0.234 e. The van der Waals surface area contributed by atoms with Gasteiger partial charge in [-0.05, 0) is 38.1 Å². The lowest BCUT2D eigenvalue weighted by atomic mass is 9.99. The van der Waals surface area contributed by atoms with E-state index in [1.165, 1.54) is 11.8 Å². The van der Waals surface area contributed by atoms with Crippen molar-refractivity contribution in [3.05, 3.63) is 82.7 Å². The Bertz CT molecular complexity index is 1470. The van der Waals surface area contributed by atoms with Gasteiger partial charge in [-0.3, -0.25) is 9.78 Å². The predicted molar refractivity (Wildman–Crippen MR) is 142 cm³/mol. The fourth-order valence-electron chi connectivity index (χ4n) is 4.13. The van der Waals surface area contributed by atoms with Crippen LogP contribution < -0.4 is 14.8 Å². The number of rotatable bonds is 7. The third kappa shape index (κ3) is 5.14. The fourth-order valence-corrected chi connectivity index (χ4v) is 4.96. The van der Waals surface area contributed by atoms with Crippen molar-refractivity contribution < 1.29 is 19.4 Å². The number of aliphatic hydroxyl groups excluding tert-OH is 1. The second-order valence-corrected chi connectivity index (χ2v) is 9.62. The van der Waals surface area contributed by atoms with Crippen LogP contribution in [-0.2, 0) is 17.8 Å². The molecule has 2 N–H and O–H groups in total. The molecule has 1 aliphatic rings. The molecule has 8 nitrogen and oxygen atoms in total. The molecule has 3 heterocycles. The van der Waals surface area contributed by atoms with Gasteiger partial charge in [0.1, 0.15) is 10.8 Å². The molecular weight excluding hydrogens is 488 g/mol. The smallest absolute Gasteiger partial charge is 0.234 e. The number of para-hydroxylation sites is 1. The highest BCUT2D eigenvalue weighted by molar-refractivity contribution is 8.00. The predicted octanol–water partition coefficient (Wildman–Crippen LogP) is 5.08. The number of nitrogens with one attached hydrogen (secondary N) is 1. The van der Waals surface area contributed by atoms with Gasteiger partial charge in [0.15, 0.2) is 11.6 Å². The summed E-state index contributed by atoms with van der Waals surface area (Å²) in [7, 11) is 1.60. The van der Waals surface area contributed by atoms with Crippen LogP contribution in [0, 0.1) is 13.8 Å². The molecule has 0 spiro atoms. The van der Waals surface area contributed by atoms with Crippen molar-refractivity contribution >= 4 is 23.4 Å². The molecule has 5 rings (SSSR count). The van der Waals surface area contributed by atoms with Crippen LogP contribution in [0.3, 0.4) is 0 Å². The van der Waals surface area contributed by atoms with Crippen LogP contribution in [0.1, 0.15) is 27.9 Å². The van der Waals surface area contributed by atoms with E-state index >= 15 is 0 Å². The van der Waals surface area contributed by atoms with Crippen LogP contribution in [0.4, 0.5) is 5.69 Å². The van der Waals surface area contributed by atoms with Gasteiger partial charge in [-0.1, -0.05) is 41.6 Å². The Morgan fingerprint density at radius 3 is 2.65 bits per heavy atom. The number of ether oxygens (including phenoxy) is 2. The van der Waals surface area contributed by atoms with Crippen molar-refractivity contribution in [1.29, 1.82) is 0 Å². The van der Waals surface area contributed by atoms with Crippen LogP contribution in [-0.4, -0.2) is 38.8 Å². The first-order chi connectivity index (χ1) is 18.0. The summed E-state index contributed by atoms with van der Waals surface area (Å²) in [6, 6.07) is 15.2. The quantitative estimate of drug-likeness (QED) is 0.229. The van der Waals surface area contributed by atoms with Gasteiger partial charge in [-0.25, -0.2) is 4.98 Å². The van der Waals surface area contributed by atoms with Crippen molar-refractivity contribution in [3.63, 3.8) is 0 Å². The number of aryl methyl sites for hydroxylation is 2. The molecule has 37 heavy (non-hydrogen) atoms. The van der Waals surface area contributed by atoms with E-state index in [1.54, 1.807) is 13.3 Å². The Labute approximate surface area is 219 Å². The largest absolute Gasteiger partial charge is 0.496 e. The SMILES string of the molecule is COc1ccccc1-c1nc2c(c(SCC(=O)Nc3ccc(C)cc3)n1)Cc1c(CO)cnc(C)c1O2. The number of fused-ring (bicyclic) bond motifs is 2. The lowest BCUT2D eigenvalue weighted by Crippen LogP contribution is -2.16. The number of pyridine rings is 1. The summed E-state index contributed by atoms with van der Waals surface area (Å²) in [4.78, 5) is 26.7. The molecule has 188 valence electrons. The Kier molecular flexibility index (Phi) is 7.07. The number of thioether (sulfide) groups is 1. The Hall–Kier alpha value is -3.95. The highest BCUT2D eigenvalue weighted by Crippen LogP contribution is 2.43. The summed E-state index contributed by atoms with van der Waals surface area (Å²) < 4.78 is 11.8. The topological polar surface area (TPSA) is 106 Å². The highest BCUT2D eigenvalue weighted by atomic mass is 32.2. The summed E-state index contributed by atoms with van der Waals surface area (Å²) in [5.74, 6) is 2.07. The molecule has 9 heteroatoms. The van der Waals surface area contributed by atoms with Crippen LogP contribution in [0.25, 0.3) is 11.4 Å². The van der Waals surface area contributed by atoms with Gasteiger partial charge < -0.3 is 19.9 Å². The van der Waals surface area contributed by atoms with Crippen molar-refractivity contribution in [2.75, 3.05) is 18.2 Å². The summed E-state index contributed by atoms with van der Waals surface area (Å²) in [6.07, 6.45) is 2.12. The summed E-state index contributed by atoms with van der Waals surface area (Å²) in [6.45, 7) is 3.70. The van der Waals surface area contributed by atoms with Crippen LogP contribution in [0.15, 0.2) is 59.8 Å². The van der Waals surface area contributed by atoms with E-state index in [0.717, 1.165) is 22.4 Å². The van der Waals surface area contributed by atoms with E-state index < -0.39 is 0 Å². The van der Waals surface area contributed by atoms with Gasteiger partial charge in [-0.15, -0.1) is 0 Å². The van der Waals surface area contributed by atoms with Crippen molar-refractivity contribution in [2.24, 2.45) is 0 Å².